The van der Waals surface area contributed by atoms with E-state index in [-0.39, 0.29) is 5.75 Å². The molecule has 0 atom stereocenters. The van der Waals surface area contributed by atoms with E-state index in [1.165, 1.54) is 18.2 Å². The molecule has 0 heterocycles. The number of sulfone groups is 1. The van der Waals surface area contributed by atoms with E-state index in [9.17, 15) is 17.2 Å². The number of benzene rings is 2. The summed E-state index contributed by atoms with van der Waals surface area (Å²) in [5.74, 6) is -3.27. The van der Waals surface area contributed by atoms with Crippen LogP contribution in [0.25, 0.3) is 0 Å². The van der Waals surface area contributed by atoms with Crippen LogP contribution in [-0.4, -0.2) is 21.2 Å². The molecule has 21 heavy (non-hydrogen) atoms. The van der Waals surface area contributed by atoms with Gasteiger partial charge in [-0.25, -0.2) is 8.42 Å². The van der Waals surface area contributed by atoms with Gasteiger partial charge in [-0.15, -0.1) is 0 Å². The largest absolute Gasteiger partial charge is 0.456 e. The summed E-state index contributed by atoms with van der Waals surface area (Å²) in [6, 6.07) is 12.0. The van der Waals surface area contributed by atoms with Gasteiger partial charge in [0.2, 0.25) is 9.84 Å². The maximum absolute atomic E-state index is 12.7. The van der Waals surface area contributed by atoms with Crippen LogP contribution in [-0.2, 0) is 9.84 Å². The quantitative estimate of drug-likeness (QED) is 0.917. The molecule has 1 N–H and O–H groups in total. The second-order valence-corrected chi connectivity index (χ2v) is 6.02. The maximum atomic E-state index is 12.7. The van der Waals surface area contributed by atoms with Gasteiger partial charge in [-0.1, -0.05) is 12.1 Å². The van der Waals surface area contributed by atoms with Gasteiger partial charge >= 0.3 is 5.76 Å². The van der Waals surface area contributed by atoms with Crippen molar-refractivity contribution in [3.8, 4) is 11.5 Å². The van der Waals surface area contributed by atoms with Crippen LogP contribution < -0.4 is 10.1 Å². The van der Waals surface area contributed by atoms with Crippen LogP contribution in [0.5, 0.6) is 11.5 Å². The monoisotopic (exact) mass is 313 g/mol. The first-order chi connectivity index (χ1) is 9.95. The van der Waals surface area contributed by atoms with Gasteiger partial charge in [-0.05, 0) is 36.4 Å². The zero-order valence-electron chi connectivity index (χ0n) is 11.1. The molecular formula is C14H13F2NO3S. The molecule has 0 aliphatic carbocycles. The second kappa shape index (κ2) is 6.09. The molecule has 0 saturated carbocycles. The average Bonchev–Trinajstić information content (AvgIpc) is 2.48. The Balaban J connectivity index is 2.36. The molecule has 0 aliphatic rings. The fraction of sp³-hybridized carbons (Fsp3) is 0.143. The minimum Gasteiger partial charge on any atom is -0.456 e. The summed E-state index contributed by atoms with van der Waals surface area (Å²) in [5.41, 5.74) is 0.843. The number of hydrogen-bond acceptors (Lipinski definition) is 4. The molecule has 0 radical (unpaired) electrons. The van der Waals surface area contributed by atoms with Crippen molar-refractivity contribution in [2.75, 3.05) is 12.4 Å². The predicted molar refractivity (Wildman–Crippen MR) is 75.7 cm³/mol. The van der Waals surface area contributed by atoms with Crippen LogP contribution >= 0.6 is 0 Å². The molecule has 0 aliphatic heterocycles. The lowest BCUT2D eigenvalue weighted by molar-refractivity contribution is 0.234. The van der Waals surface area contributed by atoms with Crippen molar-refractivity contribution in [2.24, 2.45) is 0 Å². The highest BCUT2D eigenvalue weighted by Crippen LogP contribution is 2.31. The number of para-hydroxylation sites is 1. The molecule has 0 saturated heterocycles. The summed E-state index contributed by atoms with van der Waals surface area (Å²) in [6.45, 7) is 0. The van der Waals surface area contributed by atoms with Crippen LogP contribution in [0.15, 0.2) is 53.4 Å². The van der Waals surface area contributed by atoms with Crippen molar-refractivity contribution in [1.29, 1.82) is 0 Å². The highest BCUT2D eigenvalue weighted by molar-refractivity contribution is 7.91. The highest BCUT2D eigenvalue weighted by Gasteiger charge is 2.29. The summed E-state index contributed by atoms with van der Waals surface area (Å²) in [7, 11) is -2.96. The number of halogens is 2. The van der Waals surface area contributed by atoms with Crippen LogP contribution in [0.1, 0.15) is 0 Å². The molecule has 0 unspecified atom stereocenters. The Hall–Kier alpha value is -2.15. The second-order valence-electron chi connectivity index (χ2n) is 4.13. The van der Waals surface area contributed by atoms with E-state index >= 15 is 0 Å². The van der Waals surface area contributed by atoms with Crippen molar-refractivity contribution < 1.29 is 21.9 Å². The Bertz CT molecular complexity index is 715. The van der Waals surface area contributed by atoms with E-state index in [2.05, 4.69) is 5.32 Å². The predicted octanol–water partition coefficient (Wildman–Crippen LogP) is 3.52. The zero-order valence-corrected chi connectivity index (χ0v) is 11.9. The SMILES string of the molecule is CNc1ccc(Oc2ccccc2S(=O)(=O)C(F)F)cc1. The summed E-state index contributed by atoms with van der Waals surface area (Å²) < 4.78 is 53.9. The molecule has 7 heteroatoms. The van der Waals surface area contributed by atoms with Crippen molar-refractivity contribution in [1.82, 2.24) is 0 Å². The van der Waals surface area contributed by atoms with E-state index < -0.39 is 20.5 Å². The Morgan fingerprint density at radius 3 is 2.24 bits per heavy atom. The molecule has 0 aromatic heterocycles. The van der Waals surface area contributed by atoms with E-state index in [1.807, 2.05) is 0 Å². The lowest BCUT2D eigenvalue weighted by Gasteiger charge is -2.11. The van der Waals surface area contributed by atoms with E-state index in [1.54, 1.807) is 31.3 Å². The number of ether oxygens (including phenoxy) is 1. The molecule has 112 valence electrons. The Labute approximate surface area is 121 Å². The minimum absolute atomic E-state index is 0.130. The number of nitrogens with one attached hydrogen (secondary N) is 1. The van der Waals surface area contributed by atoms with E-state index in [0.29, 0.717) is 5.75 Å². The van der Waals surface area contributed by atoms with Gasteiger partial charge < -0.3 is 10.1 Å². The smallest absolute Gasteiger partial charge is 0.341 e. The molecule has 2 aromatic carbocycles. The fourth-order valence-corrected chi connectivity index (χ4v) is 2.53. The highest BCUT2D eigenvalue weighted by atomic mass is 32.2. The molecule has 0 amide bonds. The summed E-state index contributed by atoms with van der Waals surface area (Å²) in [5, 5.41) is 2.92. The van der Waals surface area contributed by atoms with Gasteiger partial charge in [0.25, 0.3) is 0 Å². The van der Waals surface area contributed by atoms with Gasteiger partial charge in [-0.3, -0.25) is 0 Å². The third-order valence-corrected chi connectivity index (χ3v) is 4.18. The van der Waals surface area contributed by atoms with E-state index in [4.69, 9.17) is 4.74 Å². The van der Waals surface area contributed by atoms with Crippen LogP contribution in [0.2, 0.25) is 0 Å². The third kappa shape index (κ3) is 3.30. The van der Waals surface area contributed by atoms with Crippen LogP contribution in [0.3, 0.4) is 0 Å². The summed E-state index contributed by atoms with van der Waals surface area (Å²) in [4.78, 5) is -0.530. The van der Waals surface area contributed by atoms with Crippen molar-refractivity contribution in [3.05, 3.63) is 48.5 Å². The zero-order chi connectivity index (χ0) is 15.5. The van der Waals surface area contributed by atoms with Gasteiger partial charge in [-0.2, -0.15) is 8.78 Å². The molecule has 2 rings (SSSR count). The third-order valence-electron chi connectivity index (χ3n) is 2.76. The molecule has 0 spiro atoms. The van der Waals surface area contributed by atoms with Crippen molar-refractivity contribution >= 4 is 15.5 Å². The summed E-state index contributed by atoms with van der Waals surface area (Å²) >= 11 is 0. The molecule has 2 aromatic rings. The maximum Gasteiger partial charge on any atom is 0.341 e. The van der Waals surface area contributed by atoms with E-state index in [0.717, 1.165) is 11.8 Å². The van der Waals surface area contributed by atoms with Crippen molar-refractivity contribution in [2.45, 2.75) is 10.7 Å². The first-order valence-corrected chi connectivity index (χ1v) is 7.56. The number of anilines is 1. The topological polar surface area (TPSA) is 55.4 Å². The van der Waals surface area contributed by atoms with Gasteiger partial charge in [0.15, 0.2) is 0 Å². The number of rotatable bonds is 5. The Kier molecular flexibility index (Phi) is 4.42. The normalized spacial score (nSPS) is 11.4. The van der Waals surface area contributed by atoms with Crippen LogP contribution in [0.4, 0.5) is 14.5 Å². The van der Waals surface area contributed by atoms with Gasteiger partial charge in [0, 0.05) is 12.7 Å². The van der Waals surface area contributed by atoms with Crippen molar-refractivity contribution in [3.63, 3.8) is 0 Å². The Morgan fingerprint density at radius 2 is 1.67 bits per heavy atom. The first kappa shape index (κ1) is 15.2. The molecule has 0 bridgehead atoms. The van der Waals surface area contributed by atoms with Gasteiger partial charge in [0.05, 0.1) is 0 Å². The fourth-order valence-electron chi connectivity index (χ4n) is 1.68. The molecular weight excluding hydrogens is 300 g/mol. The lowest BCUT2D eigenvalue weighted by atomic mass is 10.3. The first-order valence-electron chi connectivity index (χ1n) is 6.02. The Morgan fingerprint density at radius 1 is 1.05 bits per heavy atom. The molecule has 0 fully saturated rings. The number of alkyl halides is 2. The number of hydrogen-bond donors (Lipinski definition) is 1. The average molecular weight is 313 g/mol. The van der Waals surface area contributed by atoms with Gasteiger partial charge in [0.1, 0.15) is 16.4 Å². The summed E-state index contributed by atoms with van der Waals surface area (Å²) in [6.07, 6.45) is 0. The molecule has 4 nitrogen and oxygen atoms in total. The standard InChI is InChI=1S/C14H13F2NO3S/c1-17-10-6-8-11(9-7-10)20-12-4-2-3-5-13(12)21(18,19)14(15)16/h2-9,14,17H,1H3. The lowest BCUT2D eigenvalue weighted by Crippen LogP contribution is -2.12. The van der Waals surface area contributed by atoms with Crippen LogP contribution in [0, 0.1) is 0 Å². The minimum atomic E-state index is -4.71.